The summed E-state index contributed by atoms with van der Waals surface area (Å²) in [4.78, 5) is 8.66. The maximum Gasteiger partial charge on any atom is 0.115 e. The van der Waals surface area contributed by atoms with Gasteiger partial charge < -0.3 is 0 Å². The molecule has 0 atom stereocenters. The van der Waals surface area contributed by atoms with Gasteiger partial charge in [-0.05, 0) is 24.3 Å². The molecule has 6 heteroatoms. The van der Waals surface area contributed by atoms with Crippen molar-refractivity contribution in [3.8, 4) is 5.69 Å². The van der Waals surface area contributed by atoms with Gasteiger partial charge in [0.2, 0.25) is 0 Å². The molecule has 102 valence electrons. The molecule has 0 bridgehead atoms. The minimum atomic E-state index is 0.488. The molecular formula is C14H10Cl3N3. The van der Waals surface area contributed by atoms with E-state index in [4.69, 9.17) is 34.8 Å². The van der Waals surface area contributed by atoms with Crippen LogP contribution in [0, 0.1) is 0 Å². The molecule has 20 heavy (non-hydrogen) atoms. The van der Waals surface area contributed by atoms with Crippen LogP contribution in [0.2, 0.25) is 10.0 Å². The molecule has 0 spiro atoms. The molecule has 3 aromatic rings. The molecule has 0 radical (unpaired) electrons. The summed E-state index contributed by atoms with van der Waals surface area (Å²) in [5, 5.41) is 1.17. The van der Waals surface area contributed by atoms with E-state index in [1.165, 1.54) is 0 Å². The van der Waals surface area contributed by atoms with Crippen molar-refractivity contribution in [2.45, 2.75) is 6.42 Å². The third-order valence-corrected chi connectivity index (χ3v) is 3.72. The first-order valence-corrected chi connectivity index (χ1v) is 7.32. The van der Waals surface area contributed by atoms with Gasteiger partial charge in [-0.25, -0.2) is 4.98 Å². The van der Waals surface area contributed by atoms with Gasteiger partial charge in [-0.3, -0.25) is 9.55 Å². The number of alkyl halides is 1. The highest BCUT2D eigenvalue weighted by Gasteiger charge is 2.14. The molecule has 0 amide bonds. The molecule has 0 saturated carbocycles. The molecule has 3 rings (SSSR count). The van der Waals surface area contributed by atoms with Crippen LogP contribution in [0.5, 0.6) is 0 Å². The van der Waals surface area contributed by atoms with Crippen LogP contribution >= 0.6 is 34.8 Å². The monoisotopic (exact) mass is 325 g/mol. The van der Waals surface area contributed by atoms with Crippen LogP contribution in [0.25, 0.3) is 16.7 Å². The minimum absolute atomic E-state index is 0.488. The lowest BCUT2D eigenvalue weighted by molar-refractivity contribution is 0.912. The van der Waals surface area contributed by atoms with Gasteiger partial charge in [0.25, 0.3) is 0 Å². The number of rotatable bonds is 3. The zero-order chi connectivity index (χ0) is 14.1. The van der Waals surface area contributed by atoms with E-state index in [1.54, 1.807) is 24.5 Å². The van der Waals surface area contributed by atoms with Crippen molar-refractivity contribution in [2.75, 3.05) is 5.88 Å². The molecule has 3 nitrogen and oxygen atoms in total. The molecular weight excluding hydrogens is 317 g/mol. The number of pyridine rings is 1. The fourth-order valence-electron chi connectivity index (χ4n) is 2.17. The fraction of sp³-hybridized carbons (Fsp3) is 0.143. The normalized spacial score (nSPS) is 11.2. The van der Waals surface area contributed by atoms with Gasteiger partial charge in [-0.15, -0.1) is 11.6 Å². The molecule has 0 N–H and O–H groups in total. The Labute approximate surface area is 131 Å². The molecule has 0 aliphatic carbocycles. The Morgan fingerprint density at radius 1 is 1.15 bits per heavy atom. The van der Waals surface area contributed by atoms with Crippen molar-refractivity contribution in [1.82, 2.24) is 14.5 Å². The second-order valence-corrected chi connectivity index (χ2v) is 5.48. The van der Waals surface area contributed by atoms with E-state index in [1.807, 2.05) is 16.7 Å². The summed E-state index contributed by atoms with van der Waals surface area (Å²) in [6, 6.07) is 7.31. The summed E-state index contributed by atoms with van der Waals surface area (Å²) in [6.07, 6.45) is 4.11. The number of aryl methyl sites for hydroxylation is 1. The number of nitrogens with zero attached hydrogens (tertiary/aromatic N) is 3. The number of fused-ring (bicyclic) bond motifs is 1. The highest BCUT2D eigenvalue weighted by atomic mass is 35.5. The van der Waals surface area contributed by atoms with Crippen molar-refractivity contribution in [3.63, 3.8) is 0 Å². The number of aromatic nitrogens is 3. The van der Waals surface area contributed by atoms with E-state index in [2.05, 4.69) is 9.97 Å². The van der Waals surface area contributed by atoms with Gasteiger partial charge in [0.15, 0.2) is 0 Å². The minimum Gasteiger partial charge on any atom is -0.295 e. The van der Waals surface area contributed by atoms with Crippen LogP contribution in [0.1, 0.15) is 5.82 Å². The van der Waals surface area contributed by atoms with E-state index in [9.17, 15) is 0 Å². The number of benzene rings is 1. The average molecular weight is 327 g/mol. The fourth-order valence-corrected chi connectivity index (χ4v) is 2.83. The number of imidazole rings is 1. The zero-order valence-electron chi connectivity index (χ0n) is 10.4. The Morgan fingerprint density at radius 3 is 2.75 bits per heavy atom. The zero-order valence-corrected chi connectivity index (χ0v) is 12.6. The van der Waals surface area contributed by atoms with E-state index in [0.29, 0.717) is 22.3 Å². The Balaban J connectivity index is 2.30. The molecule has 2 aromatic heterocycles. The largest absolute Gasteiger partial charge is 0.295 e. The van der Waals surface area contributed by atoms with E-state index in [0.717, 1.165) is 22.5 Å². The SMILES string of the molecule is ClCCc1nc2cnccc2n1-c1ccc(Cl)cc1Cl. The lowest BCUT2D eigenvalue weighted by atomic mass is 10.3. The van der Waals surface area contributed by atoms with Crippen LogP contribution in [0.3, 0.4) is 0 Å². The van der Waals surface area contributed by atoms with Crippen molar-refractivity contribution >= 4 is 45.8 Å². The van der Waals surface area contributed by atoms with Crippen molar-refractivity contribution in [2.24, 2.45) is 0 Å². The van der Waals surface area contributed by atoms with Crippen LogP contribution in [0.4, 0.5) is 0 Å². The summed E-state index contributed by atoms with van der Waals surface area (Å²) in [6.45, 7) is 0. The van der Waals surface area contributed by atoms with Crippen molar-refractivity contribution < 1.29 is 0 Å². The molecule has 0 fully saturated rings. The lowest BCUT2D eigenvalue weighted by Crippen LogP contribution is -2.02. The third-order valence-electron chi connectivity index (χ3n) is 2.99. The van der Waals surface area contributed by atoms with Crippen LogP contribution < -0.4 is 0 Å². The van der Waals surface area contributed by atoms with Crippen molar-refractivity contribution in [1.29, 1.82) is 0 Å². The average Bonchev–Trinajstić information content (AvgIpc) is 2.78. The molecule has 1 aromatic carbocycles. The molecule has 2 heterocycles. The predicted molar refractivity (Wildman–Crippen MR) is 83.3 cm³/mol. The van der Waals surface area contributed by atoms with Gasteiger partial charge in [-0.1, -0.05) is 23.2 Å². The molecule has 0 aliphatic rings. The van der Waals surface area contributed by atoms with E-state index < -0.39 is 0 Å². The number of halogens is 3. The number of hydrogen-bond donors (Lipinski definition) is 0. The Hall–Kier alpha value is -1.29. The van der Waals surface area contributed by atoms with Crippen LogP contribution in [0.15, 0.2) is 36.7 Å². The highest BCUT2D eigenvalue weighted by molar-refractivity contribution is 6.35. The Bertz CT molecular complexity index is 767. The summed E-state index contributed by atoms with van der Waals surface area (Å²) < 4.78 is 2.00. The smallest absolute Gasteiger partial charge is 0.115 e. The van der Waals surface area contributed by atoms with Gasteiger partial charge in [0, 0.05) is 23.5 Å². The van der Waals surface area contributed by atoms with Gasteiger partial charge >= 0.3 is 0 Å². The van der Waals surface area contributed by atoms with Crippen molar-refractivity contribution in [3.05, 3.63) is 52.5 Å². The van der Waals surface area contributed by atoms with Gasteiger partial charge in [0.1, 0.15) is 11.3 Å². The van der Waals surface area contributed by atoms with Gasteiger partial charge in [0.05, 0.1) is 22.4 Å². The first-order valence-electron chi connectivity index (χ1n) is 6.03. The quantitative estimate of drug-likeness (QED) is 0.663. The number of hydrogen-bond acceptors (Lipinski definition) is 2. The van der Waals surface area contributed by atoms with E-state index in [-0.39, 0.29) is 0 Å². The second-order valence-electron chi connectivity index (χ2n) is 4.26. The van der Waals surface area contributed by atoms with Crippen LogP contribution in [-0.2, 0) is 6.42 Å². The summed E-state index contributed by atoms with van der Waals surface area (Å²) in [7, 11) is 0. The second kappa shape index (κ2) is 5.60. The predicted octanol–water partition coefficient (Wildman–Crippen LogP) is 4.51. The molecule has 0 aliphatic heterocycles. The van der Waals surface area contributed by atoms with E-state index >= 15 is 0 Å². The topological polar surface area (TPSA) is 30.7 Å². The van der Waals surface area contributed by atoms with Crippen LogP contribution in [-0.4, -0.2) is 20.4 Å². The Morgan fingerprint density at radius 2 is 2.00 bits per heavy atom. The maximum absolute atomic E-state index is 6.31. The summed E-state index contributed by atoms with van der Waals surface area (Å²) in [5.41, 5.74) is 2.60. The maximum atomic E-state index is 6.31. The lowest BCUT2D eigenvalue weighted by Gasteiger charge is -2.10. The molecule has 0 unspecified atom stereocenters. The summed E-state index contributed by atoms with van der Waals surface area (Å²) in [5.74, 6) is 1.34. The molecule has 0 saturated heterocycles. The first kappa shape index (κ1) is 13.7. The summed E-state index contributed by atoms with van der Waals surface area (Å²) >= 11 is 18.1. The Kier molecular flexibility index (Phi) is 3.83. The first-order chi connectivity index (χ1) is 9.70. The highest BCUT2D eigenvalue weighted by Crippen LogP contribution is 2.29. The van der Waals surface area contributed by atoms with Gasteiger partial charge in [-0.2, -0.15) is 0 Å². The standard InChI is InChI=1S/C14H10Cl3N3/c15-5-3-14-19-11-8-18-6-4-13(11)20(14)12-2-1-9(16)7-10(12)17/h1-2,4,6-8H,3,5H2. The third kappa shape index (κ3) is 2.37.